The summed E-state index contributed by atoms with van der Waals surface area (Å²) in [4.78, 5) is 0. The van der Waals surface area contributed by atoms with Crippen LogP contribution in [0, 0.1) is 0 Å². The van der Waals surface area contributed by atoms with Gasteiger partial charge in [0.2, 0.25) is 0 Å². The molecule has 1 rings (SSSR count). The van der Waals surface area contributed by atoms with Gasteiger partial charge in [0.25, 0.3) is 0 Å². The topological polar surface area (TPSA) is 12.0 Å². The lowest BCUT2D eigenvalue weighted by molar-refractivity contribution is 0.371. The molecule has 1 aliphatic heterocycles. The minimum Gasteiger partial charge on any atom is -0.305 e. The van der Waals surface area contributed by atoms with Crippen LogP contribution in [0.4, 0.5) is 0 Å². The van der Waals surface area contributed by atoms with E-state index < -0.39 is 0 Å². The highest BCUT2D eigenvalue weighted by molar-refractivity contribution is 5.41. The number of allylic oxidation sites excluding steroid dienone is 2. The lowest BCUT2D eigenvalue weighted by Crippen LogP contribution is -2.49. The molecule has 0 aromatic heterocycles. The third-order valence-electron chi connectivity index (χ3n) is 2.73. The van der Waals surface area contributed by atoms with Crippen LogP contribution in [-0.2, 0) is 0 Å². The van der Waals surface area contributed by atoms with Crippen molar-refractivity contribution in [2.45, 2.75) is 45.7 Å². The molecule has 0 spiro atoms. The zero-order chi connectivity index (χ0) is 10.8. The molecule has 0 saturated heterocycles. The molecule has 14 heavy (non-hydrogen) atoms. The first kappa shape index (κ1) is 11.3. The molecule has 0 fully saturated rings. The smallest absolute Gasteiger partial charge is 0.0382 e. The largest absolute Gasteiger partial charge is 0.305 e. The van der Waals surface area contributed by atoms with Crippen molar-refractivity contribution in [2.75, 3.05) is 0 Å². The Bertz CT molecular complexity index is 282. The van der Waals surface area contributed by atoms with E-state index in [1.54, 1.807) is 0 Å². The van der Waals surface area contributed by atoms with Gasteiger partial charge in [-0.3, -0.25) is 0 Å². The van der Waals surface area contributed by atoms with Crippen LogP contribution in [-0.4, -0.2) is 11.6 Å². The minimum absolute atomic E-state index is 0.0632. The Morgan fingerprint density at radius 3 is 2.64 bits per heavy atom. The number of hydrogen-bond acceptors (Lipinski definition) is 1. The maximum atomic E-state index is 3.90. The van der Waals surface area contributed by atoms with E-state index in [1.165, 1.54) is 11.1 Å². The molecule has 1 nitrogen and oxygen atoms in total. The molecule has 0 bridgehead atoms. The summed E-state index contributed by atoms with van der Waals surface area (Å²) in [7, 11) is 0. The van der Waals surface area contributed by atoms with Crippen LogP contribution in [0.5, 0.6) is 0 Å². The lowest BCUT2D eigenvalue weighted by atomic mass is 9.82. The number of rotatable bonds is 2. The van der Waals surface area contributed by atoms with Crippen LogP contribution in [0.2, 0.25) is 0 Å². The molecule has 0 saturated carbocycles. The molecule has 1 heteroatoms. The Labute approximate surface area is 87.6 Å². The van der Waals surface area contributed by atoms with Gasteiger partial charge in [0.15, 0.2) is 0 Å². The van der Waals surface area contributed by atoms with Crippen molar-refractivity contribution in [1.82, 2.24) is 5.32 Å². The zero-order valence-corrected chi connectivity index (χ0v) is 9.72. The molecule has 1 atom stereocenters. The van der Waals surface area contributed by atoms with Crippen LogP contribution >= 0.6 is 0 Å². The van der Waals surface area contributed by atoms with Gasteiger partial charge in [0, 0.05) is 11.6 Å². The second-order valence-electron chi connectivity index (χ2n) is 4.52. The SMILES string of the molecule is C=CC1=C(/C=C\C)C(C)(C)NC(C)C1. The minimum atomic E-state index is 0.0632. The van der Waals surface area contributed by atoms with Crippen LogP contribution < -0.4 is 5.32 Å². The standard InChI is InChI=1S/C13H21N/c1-6-8-12-11(7-2)9-10(3)14-13(12,4)5/h6-8,10,14H,2,9H2,1,3-5H3/b8-6-. The van der Waals surface area contributed by atoms with E-state index >= 15 is 0 Å². The van der Waals surface area contributed by atoms with Gasteiger partial charge >= 0.3 is 0 Å². The maximum Gasteiger partial charge on any atom is 0.0382 e. The molecule has 0 aromatic carbocycles. The van der Waals surface area contributed by atoms with E-state index in [1.807, 2.05) is 6.08 Å². The van der Waals surface area contributed by atoms with E-state index in [0.717, 1.165) is 6.42 Å². The summed E-state index contributed by atoms with van der Waals surface area (Å²) in [6.07, 6.45) is 7.36. The Balaban J connectivity index is 3.16. The number of nitrogens with one attached hydrogen (secondary N) is 1. The van der Waals surface area contributed by atoms with E-state index in [-0.39, 0.29) is 5.54 Å². The summed E-state index contributed by atoms with van der Waals surface area (Å²) in [6, 6.07) is 0.534. The molecule has 1 heterocycles. The highest BCUT2D eigenvalue weighted by Gasteiger charge is 2.29. The Kier molecular flexibility index (Phi) is 3.33. The van der Waals surface area contributed by atoms with Crippen LogP contribution in [0.25, 0.3) is 0 Å². The van der Waals surface area contributed by atoms with Crippen LogP contribution in [0.15, 0.2) is 36.0 Å². The van der Waals surface area contributed by atoms with Gasteiger partial charge in [0.05, 0.1) is 0 Å². The maximum absolute atomic E-state index is 3.90. The highest BCUT2D eigenvalue weighted by Crippen LogP contribution is 2.30. The van der Waals surface area contributed by atoms with Gasteiger partial charge in [-0.2, -0.15) is 0 Å². The quantitative estimate of drug-likeness (QED) is 0.706. The van der Waals surface area contributed by atoms with Crippen molar-refractivity contribution < 1.29 is 0 Å². The molecule has 0 aliphatic carbocycles. The van der Waals surface area contributed by atoms with Gasteiger partial charge in [-0.15, -0.1) is 0 Å². The summed E-state index contributed by atoms with van der Waals surface area (Å²) in [5, 5.41) is 3.60. The molecule has 1 N–H and O–H groups in total. The van der Waals surface area contributed by atoms with Crippen LogP contribution in [0.1, 0.15) is 34.1 Å². The summed E-state index contributed by atoms with van der Waals surface area (Å²) in [5.41, 5.74) is 2.81. The summed E-state index contributed by atoms with van der Waals surface area (Å²) >= 11 is 0. The molecule has 78 valence electrons. The normalized spacial score (nSPS) is 27.0. The Hall–Kier alpha value is -0.820. The van der Waals surface area contributed by atoms with Crippen molar-refractivity contribution >= 4 is 0 Å². The van der Waals surface area contributed by atoms with Gasteiger partial charge in [0.1, 0.15) is 0 Å². The van der Waals surface area contributed by atoms with E-state index in [2.05, 4.69) is 51.7 Å². The van der Waals surface area contributed by atoms with E-state index in [0.29, 0.717) is 6.04 Å². The van der Waals surface area contributed by atoms with Gasteiger partial charge in [-0.05, 0) is 45.3 Å². The van der Waals surface area contributed by atoms with Crippen molar-refractivity contribution in [3.05, 3.63) is 36.0 Å². The van der Waals surface area contributed by atoms with Crippen molar-refractivity contribution in [2.24, 2.45) is 0 Å². The van der Waals surface area contributed by atoms with Gasteiger partial charge in [-0.25, -0.2) is 0 Å². The summed E-state index contributed by atoms with van der Waals surface area (Å²) < 4.78 is 0. The first-order valence-corrected chi connectivity index (χ1v) is 5.27. The average molecular weight is 191 g/mol. The molecule has 1 aliphatic rings. The second-order valence-corrected chi connectivity index (χ2v) is 4.52. The third-order valence-corrected chi connectivity index (χ3v) is 2.73. The van der Waals surface area contributed by atoms with E-state index in [9.17, 15) is 0 Å². The van der Waals surface area contributed by atoms with Crippen molar-refractivity contribution in [3.63, 3.8) is 0 Å². The monoisotopic (exact) mass is 191 g/mol. The fraction of sp³-hybridized carbons (Fsp3) is 0.538. The molecule has 1 unspecified atom stereocenters. The Morgan fingerprint density at radius 2 is 2.14 bits per heavy atom. The van der Waals surface area contributed by atoms with E-state index in [4.69, 9.17) is 0 Å². The van der Waals surface area contributed by atoms with Crippen molar-refractivity contribution in [1.29, 1.82) is 0 Å². The Morgan fingerprint density at radius 1 is 1.50 bits per heavy atom. The fourth-order valence-electron chi connectivity index (χ4n) is 2.26. The summed E-state index contributed by atoms with van der Waals surface area (Å²) in [5.74, 6) is 0. The molecular weight excluding hydrogens is 170 g/mol. The van der Waals surface area contributed by atoms with Crippen molar-refractivity contribution in [3.8, 4) is 0 Å². The van der Waals surface area contributed by atoms with Crippen LogP contribution in [0.3, 0.4) is 0 Å². The molecule has 0 amide bonds. The molecule has 0 radical (unpaired) electrons. The van der Waals surface area contributed by atoms with Gasteiger partial charge in [-0.1, -0.05) is 24.8 Å². The zero-order valence-electron chi connectivity index (χ0n) is 9.72. The first-order valence-electron chi connectivity index (χ1n) is 5.27. The molecular formula is C13H21N. The van der Waals surface area contributed by atoms with Gasteiger partial charge < -0.3 is 5.32 Å². The predicted molar refractivity (Wildman–Crippen MR) is 63.3 cm³/mol. The fourth-order valence-corrected chi connectivity index (χ4v) is 2.26. The molecule has 0 aromatic rings. The average Bonchev–Trinajstić information content (AvgIpc) is 2.08. The number of hydrogen-bond donors (Lipinski definition) is 1. The first-order chi connectivity index (χ1) is 6.51. The third kappa shape index (κ3) is 2.16. The lowest BCUT2D eigenvalue weighted by Gasteiger charge is -2.38. The predicted octanol–water partition coefficient (Wildman–Crippen LogP) is 3.21. The second kappa shape index (κ2) is 4.14. The summed E-state index contributed by atoms with van der Waals surface area (Å²) in [6.45, 7) is 12.6. The highest BCUT2D eigenvalue weighted by atomic mass is 15.0.